The number of halogens is 1. The zero-order valence-corrected chi connectivity index (χ0v) is 14.8. The van der Waals surface area contributed by atoms with Gasteiger partial charge in [0.05, 0.1) is 16.8 Å². The highest BCUT2D eigenvalue weighted by Gasteiger charge is 2.13. The van der Waals surface area contributed by atoms with Crippen LogP contribution in [0.2, 0.25) is 5.02 Å². The van der Waals surface area contributed by atoms with E-state index in [1.54, 1.807) is 47.1 Å². The first-order valence-corrected chi connectivity index (χ1v) is 8.76. The Morgan fingerprint density at radius 2 is 2.04 bits per heavy atom. The molecule has 4 aromatic rings. The summed E-state index contributed by atoms with van der Waals surface area (Å²) in [4.78, 5) is 15.7. The third-order valence-electron chi connectivity index (χ3n) is 3.61. The van der Waals surface area contributed by atoms with Crippen molar-refractivity contribution >= 4 is 33.6 Å². The molecule has 0 N–H and O–H groups in total. The van der Waals surface area contributed by atoms with Crippen LogP contribution in [-0.4, -0.2) is 19.5 Å². The molecule has 2 aromatic carbocycles. The molecule has 0 saturated heterocycles. The topological polar surface area (TPSA) is 82.6 Å². The Hall–Kier alpha value is -2.97. The molecule has 0 bridgehead atoms. The Balaban J connectivity index is 1.53. The number of hydrogen-bond donors (Lipinski definition) is 0. The van der Waals surface area contributed by atoms with Crippen molar-refractivity contribution in [3.63, 3.8) is 0 Å². The van der Waals surface area contributed by atoms with Crippen molar-refractivity contribution in [1.29, 1.82) is 0 Å². The number of hydrogen-bond acceptors (Lipinski definition) is 6. The summed E-state index contributed by atoms with van der Waals surface area (Å²) in [5.41, 5.74) is 1.34. The maximum Gasteiger partial charge on any atom is 0.270 e. The number of rotatable bonds is 5. The van der Waals surface area contributed by atoms with Crippen molar-refractivity contribution in [2.75, 3.05) is 0 Å². The van der Waals surface area contributed by atoms with Gasteiger partial charge in [0.15, 0.2) is 5.01 Å². The summed E-state index contributed by atoms with van der Waals surface area (Å²) >= 11 is 7.25. The van der Waals surface area contributed by atoms with Gasteiger partial charge in [-0.25, -0.2) is 9.50 Å². The van der Waals surface area contributed by atoms with E-state index in [1.165, 1.54) is 23.5 Å². The molecule has 2 heterocycles. The van der Waals surface area contributed by atoms with Crippen LogP contribution in [0, 0.1) is 10.1 Å². The zero-order chi connectivity index (χ0) is 18.1. The monoisotopic (exact) mass is 386 g/mol. The summed E-state index contributed by atoms with van der Waals surface area (Å²) in [6.07, 6.45) is 1.75. The van der Waals surface area contributed by atoms with Gasteiger partial charge in [0.25, 0.3) is 5.69 Å². The number of nitro groups is 1. The molecule has 26 heavy (non-hydrogen) atoms. The van der Waals surface area contributed by atoms with Crippen LogP contribution >= 0.6 is 22.9 Å². The molecular weight excluding hydrogens is 376 g/mol. The number of fused-ring (bicyclic) bond motifs is 1. The van der Waals surface area contributed by atoms with E-state index >= 15 is 0 Å². The number of aromatic nitrogens is 3. The molecule has 4 rings (SSSR count). The first-order chi connectivity index (χ1) is 12.6. The lowest BCUT2D eigenvalue weighted by Crippen LogP contribution is -1.95. The third kappa shape index (κ3) is 3.37. The van der Waals surface area contributed by atoms with Crippen LogP contribution in [0.25, 0.3) is 16.2 Å². The third-order valence-corrected chi connectivity index (χ3v) is 4.76. The van der Waals surface area contributed by atoms with Gasteiger partial charge >= 0.3 is 0 Å². The highest BCUT2D eigenvalue weighted by Crippen LogP contribution is 2.26. The van der Waals surface area contributed by atoms with Crippen LogP contribution < -0.4 is 4.74 Å². The van der Waals surface area contributed by atoms with Crippen molar-refractivity contribution in [3.05, 3.63) is 74.9 Å². The van der Waals surface area contributed by atoms with Gasteiger partial charge in [0.1, 0.15) is 12.4 Å². The first kappa shape index (κ1) is 16.5. The SMILES string of the molecule is O=[N+]([O-])c1cccc(-c2cn3nc(COc4ccc(Cl)cc4)sc3n2)c1. The molecule has 0 spiro atoms. The van der Waals surface area contributed by atoms with Crippen LogP contribution in [0.1, 0.15) is 5.01 Å². The lowest BCUT2D eigenvalue weighted by Gasteiger charge is -2.02. The number of ether oxygens (including phenoxy) is 1. The van der Waals surface area contributed by atoms with E-state index in [2.05, 4.69) is 10.1 Å². The quantitative estimate of drug-likeness (QED) is 0.370. The van der Waals surface area contributed by atoms with Gasteiger partial charge in [-0.15, -0.1) is 0 Å². The second kappa shape index (κ2) is 6.74. The fraction of sp³-hybridized carbons (Fsp3) is 0.0588. The molecule has 130 valence electrons. The predicted octanol–water partition coefficient (Wildman–Crippen LogP) is 4.60. The summed E-state index contributed by atoms with van der Waals surface area (Å²) in [7, 11) is 0. The summed E-state index contributed by atoms with van der Waals surface area (Å²) in [5, 5.41) is 16.8. The molecule has 0 radical (unpaired) electrons. The Morgan fingerprint density at radius 3 is 2.77 bits per heavy atom. The molecule has 0 aliphatic carbocycles. The molecule has 0 atom stereocenters. The molecule has 0 amide bonds. The smallest absolute Gasteiger partial charge is 0.270 e. The van der Waals surface area contributed by atoms with E-state index in [0.717, 1.165) is 5.01 Å². The molecule has 0 unspecified atom stereocenters. The second-order valence-electron chi connectivity index (χ2n) is 5.40. The molecule has 9 heteroatoms. The Bertz CT molecular complexity index is 1060. The normalized spacial score (nSPS) is 11.0. The summed E-state index contributed by atoms with van der Waals surface area (Å²) in [6.45, 7) is 0.321. The van der Waals surface area contributed by atoms with Gasteiger partial charge in [-0.3, -0.25) is 10.1 Å². The molecule has 0 aliphatic heterocycles. The van der Waals surface area contributed by atoms with Gasteiger partial charge < -0.3 is 4.74 Å². The highest BCUT2D eigenvalue weighted by molar-refractivity contribution is 7.16. The number of non-ortho nitro benzene ring substituents is 1. The summed E-state index contributed by atoms with van der Waals surface area (Å²) in [5.74, 6) is 0.708. The largest absolute Gasteiger partial charge is 0.486 e. The van der Waals surface area contributed by atoms with E-state index < -0.39 is 4.92 Å². The van der Waals surface area contributed by atoms with E-state index in [-0.39, 0.29) is 5.69 Å². The number of imidazole rings is 1. The Kier molecular flexibility index (Phi) is 4.27. The summed E-state index contributed by atoms with van der Waals surface area (Å²) < 4.78 is 7.33. The van der Waals surface area contributed by atoms with Crippen LogP contribution in [0.4, 0.5) is 5.69 Å². The molecule has 7 nitrogen and oxygen atoms in total. The fourth-order valence-electron chi connectivity index (χ4n) is 2.39. The number of nitrogens with zero attached hydrogens (tertiary/aromatic N) is 4. The molecule has 0 saturated carbocycles. The minimum absolute atomic E-state index is 0.0314. The van der Waals surface area contributed by atoms with E-state index in [4.69, 9.17) is 16.3 Å². The van der Waals surface area contributed by atoms with Crippen molar-refractivity contribution < 1.29 is 9.66 Å². The van der Waals surface area contributed by atoms with E-state index in [0.29, 0.717) is 33.6 Å². The lowest BCUT2D eigenvalue weighted by molar-refractivity contribution is -0.384. The minimum atomic E-state index is -0.424. The maximum absolute atomic E-state index is 10.9. The van der Waals surface area contributed by atoms with Crippen molar-refractivity contribution in [3.8, 4) is 17.0 Å². The average Bonchev–Trinajstić information content (AvgIpc) is 3.20. The van der Waals surface area contributed by atoms with Gasteiger partial charge in [-0.2, -0.15) is 5.10 Å². The molecule has 0 fully saturated rings. The second-order valence-corrected chi connectivity index (χ2v) is 6.88. The minimum Gasteiger partial charge on any atom is -0.486 e. The Morgan fingerprint density at radius 1 is 1.23 bits per heavy atom. The van der Waals surface area contributed by atoms with Gasteiger partial charge in [-0.05, 0) is 24.3 Å². The zero-order valence-electron chi connectivity index (χ0n) is 13.2. The average molecular weight is 387 g/mol. The number of benzene rings is 2. The van der Waals surface area contributed by atoms with Gasteiger partial charge in [0.2, 0.25) is 4.96 Å². The van der Waals surface area contributed by atoms with Crippen molar-refractivity contribution in [1.82, 2.24) is 14.6 Å². The van der Waals surface area contributed by atoms with Gasteiger partial charge in [0, 0.05) is 22.7 Å². The van der Waals surface area contributed by atoms with Crippen LogP contribution in [0.15, 0.2) is 54.7 Å². The standard InChI is InChI=1S/C17H11ClN4O3S/c18-12-4-6-14(7-5-12)25-10-16-20-21-9-15(19-17(21)26-16)11-2-1-3-13(8-11)22(23)24/h1-9H,10H2. The van der Waals surface area contributed by atoms with Crippen LogP contribution in [0.5, 0.6) is 5.75 Å². The molecular formula is C17H11ClN4O3S. The maximum atomic E-state index is 10.9. The summed E-state index contributed by atoms with van der Waals surface area (Å²) in [6, 6.07) is 13.5. The van der Waals surface area contributed by atoms with E-state index in [1.807, 2.05) is 0 Å². The van der Waals surface area contributed by atoms with Gasteiger partial charge in [-0.1, -0.05) is 35.1 Å². The predicted molar refractivity (Wildman–Crippen MR) is 98.7 cm³/mol. The van der Waals surface area contributed by atoms with Crippen LogP contribution in [0.3, 0.4) is 0 Å². The van der Waals surface area contributed by atoms with Crippen LogP contribution in [-0.2, 0) is 6.61 Å². The highest BCUT2D eigenvalue weighted by atomic mass is 35.5. The Labute approximate surface area is 156 Å². The lowest BCUT2D eigenvalue weighted by atomic mass is 10.1. The molecule has 2 aromatic heterocycles. The number of nitro benzene ring substituents is 1. The van der Waals surface area contributed by atoms with Crippen molar-refractivity contribution in [2.24, 2.45) is 0 Å². The molecule has 0 aliphatic rings. The van der Waals surface area contributed by atoms with E-state index in [9.17, 15) is 10.1 Å². The first-order valence-electron chi connectivity index (χ1n) is 7.57. The fourth-order valence-corrected chi connectivity index (χ4v) is 3.31. The van der Waals surface area contributed by atoms with Crippen molar-refractivity contribution in [2.45, 2.75) is 6.61 Å².